The molecule has 5 nitrogen and oxygen atoms in total. The summed E-state index contributed by atoms with van der Waals surface area (Å²) < 4.78 is 4.87. The van der Waals surface area contributed by atoms with E-state index in [2.05, 4.69) is 5.32 Å². The van der Waals surface area contributed by atoms with Crippen LogP contribution in [0.15, 0.2) is 18.2 Å². The first kappa shape index (κ1) is 16.5. The number of aliphatic carboxylic acids is 1. The molecule has 0 radical (unpaired) electrons. The summed E-state index contributed by atoms with van der Waals surface area (Å²) in [4.78, 5) is 23.2. The highest BCUT2D eigenvalue weighted by molar-refractivity contribution is 6.34. The molecular weight excluding hydrogens is 282 g/mol. The van der Waals surface area contributed by atoms with Gasteiger partial charge in [0.05, 0.1) is 10.6 Å². The Morgan fingerprint density at radius 2 is 2.15 bits per heavy atom. The Morgan fingerprint density at radius 1 is 1.45 bits per heavy atom. The van der Waals surface area contributed by atoms with E-state index in [0.29, 0.717) is 24.5 Å². The molecule has 1 atom stereocenters. The average Bonchev–Trinajstić information content (AvgIpc) is 2.40. The van der Waals surface area contributed by atoms with E-state index in [9.17, 15) is 9.59 Å². The molecule has 1 unspecified atom stereocenters. The number of carboxylic acids is 1. The number of carbonyl (C=O) groups is 2. The molecule has 0 spiro atoms. The van der Waals surface area contributed by atoms with Crippen molar-refractivity contribution in [3.8, 4) is 0 Å². The van der Waals surface area contributed by atoms with Crippen LogP contribution in [0.25, 0.3) is 0 Å². The van der Waals surface area contributed by atoms with Gasteiger partial charge in [-0.2, -0.15) is 0 Å². The van der Waals surface area contributed by atoms with Crippen LogP contribution < -0.4 is 5.32 Å². The lowest BCUT2D eigenvalue weighted by molar-refractivity contribution is -0.139. The third kappa shape index (κ3) is 4.51. The molecule has 0 aromatic heterocycles. The van der Waals surface area contributed by atoms with Gasteiger partial charge < -0.3 is 15.2 Å². The summed E-state index contributed by atoms with van der Waals surface area (Å²) in [7, 11) is 1.54. The van der Waals surface area contributed by atoms with Gasteiger partial charge in [-0.3, -0.25) is 4.79 Å². The molecule has 1 rings (SSSR count). The van der Waals surface area contributed by atoms with E-state index in [1.807, 2.05) is 0 Å². The van der Waals surface area contributed by atoms with Crippen molar-refractivity contribution in [2.24, 2.45) is 0 Å². The number of hydrogen-bond donors (Lipinski definition) is 2. The zero-order chi connectivity index (χ0) is 15.1. The van der Waals surface area contributed by atoms with Crippen LogP contribution in [-0.4, -0.2) is 36.7 Å². The highest BCUT2D eigenvalue weighted by atomic mass is 35.5. The van der Waals surface area contributed by atoms with Crippen LogP contribution in [0.4, 0.5) is 0 Å². The van der Waals surface area contributed by atoms with Crippen molar-refractivity contribution in [3.63, 3.8) is 0 Å². The van der Waals surface area contributed by atoms with Gasteiger partial charge in [0.2, 0.25) is 0 Å². The topological polar surface area (TPSA) is 75.6 Å². The molecule has 0 aliphatic carbocycles. The maximum atomic E-state index is 12.1. The molecule has 0 saturated carbocycles. The summed E-state index contributed by atoms with van der Waals surface area (Å²) in [6, 6.07) is 4.11. The number of rotatable bonds is 7. The highest BCUT2D eigenvalue weighted by Gasteiger charge is 2.21. The second-order valence-corrected chi connectivity index (χ2v) is 4.81. The van der Waals surface area contributed by atoms with Gasteiger partial charge in [0, 0.05) is 13.7 Å². The normalized spacial score (nSPS) is 11.9. The molecule has 0 aliphatic rings. The standard InChI is InChI=1S/C14H18ClNO4/c1-9-5-3-6-10(12(9)15)13(17)16-11(14(18)19)7-4-8-20-2/h3,5-6,11H,4,7-8H2,1-2H3,(H,16,17)(H,18,19). The lowest BCUT2D eigenvalue weighted by atomic mass is 10.1. The molecule has 1 aromatic rings. The second-order valence-electron chi connectivity index (χ2n) is 4.44. The maximum absolute atomic E-state index is 12.1. The van der Waals surface area contributed by atoms with Crippen molar-refractivity contribution in [3.05, 3.63) is 34.3 Å². The lowest BCUT2D eigenvalue weighted by Crippen LogP contribution is -2.41. The molecule has 6 heteroatoms. The number of aryl methyl sites for hydroxylation is 1. The minimum atomic E-state index is -1.07. The lowest BCUT2D eigenvalue weighted by Gasteiger charge is -2.15. The van der Waals surface area contributed by atoms with Gasteiger partial charge in [0.15, 0.2) is 0 Å². The van der Waals surface area contributed by atoms with Gasteiger partial charge >= 0.3 is 5.97 Å². The smallest absolute Gasteiger partial charge is 0.326 e. The summed E-state index contributed by atoms with van der Waals surface area (Å²) >= 11 is 6.05. The molecule has 1 amide bonds. The quantitative estimate of drug-likeness (QED) is 0.757. The Balaban J connectivity index is 2.75. The van der Waals surface area contributed by atoms with Crippen LogP contribution in [0.2, 0.25) is 5.02 Å². The third-order valence-electron chi connectivity index (χ3n) is 2.88. The molecule has 20 heavy (non-hydrogen) atoms. The van der Waals surface area contributed by atoms with Crippen LogP contribution in [0.3, 0.4) is 0 Å². The molecule has 0 saturated heterocycles. The van der Waals surface area contributed by atoms with Gasteiger partial charge in [-0.1, -0.05) is 23.7 Å². The van der Waals surface area contributed by atoms with Crippen LogP contribution in [0.1, 0.15) is 28.8 Å². The summed E-state index contributed by atoms with van der Waals surface area (Å²) in [6.07, 6.45) is 0.855. The maximum Gasteiger partial charge on any atom is 0.326 e. The first-order valence-corrected chi connectivity index (χ1v) is 6.63. The van der Waals surface area contributed by atoms with Gasteiger partial charge in [0.1, 0.15) is 6.04 Å². The number of nitrogens with one attached hydrogen (secondary N) is 1. The number of halogens is 1. The monoisotopic (exact) mass is 299 g/mol. The highest BCUT2D eigenvalue weighted by Crippen LogP contribution is 2.20. The van der Waals surface area contributed by atoms with Crippen molar-refractivity contribution >= 4 is 23.5 Å². The van der Waals surface area contributed by atoms with Crippen molar-refractivity contribution < 1.29 is 19.4 Å². The molecule has 1 aromatic carbocycles. The van der Waals surface area contributed by atoms with Crippen molar-refractivity contribution in [2.45, 2.75) is 25.8 Å². The number of carbonyl (C=O) groups excluding carboxylic acids is 1. The largest absolute Gasteiger partial charge is 0.480 e. The predicted octanol–water partition coefficient (Wildman–Crippen LogP) is 2.26. The summed E-state index contributed by atoms with van der Waals surface area (Å²) in [6.45, 7) is 2.23. The summed E-state index contributed by atoms with van der Waals surface area (Å²) in [5, 5.41) is 11.9. The number of ether oxygens (including phenoxy) is 1. The van der Waals surface area contributed by atoms with E-state index >= 15 is 0 Å². The zero-order valence-electron chi connectivity index (χ0n) is 11.5. The first-order chi connectivity index (χ1) is 9.47. The number of amides is 1. The molecular formula is C14H18ClNO4. The first-order valence-electron chi connectivity index (χ1n) is 6.25. The van der Waals surface area contributed by atoms with Crippen LogP contribution >= 0.6 is 11.6 Å². The molecule has 0 aliphatic heterocycles. The minimum Gasteiger partial charge on any atom is -0.480 e. The fraction of sp³-hybridized carbons (Fsp3) is 0.429. The van der Waals surface area contributed by atoms with Gasteiger partial charge in [-0.15, -0.1) is 0 Å². The minimum absolute atomic E-state index is 0.282. The van der Waals surface area contributed by atoms with E-state index in [1.54, 1.807) is 32.2 Å². The SMILES string of the molecule is COCCCC(NC(=O)c1cccc(C)c1Cl)C(=O)O. The summed E-state index contributed by atoms with van der Waals surface area (Å²) in [5.41, 5.74) is 1.05. The third-order valence-corrected chi connectivity index (χ3v) is 3.38. The molecule has 0 fully saturated rings. The number of methoxy groups -OCH3 is 1. The van der Waals surface area contributed by atoms with E-state index in [-0.39, 0.29) is 5.56 Å². The van der Waals surface area contributed by atoms with Crippen molar-refractivity contribution in [1.82, 2.24) is 5.32 Å². The zero-order valence-corrected chi connectivity index (χ0v) is 12.2. The Kier molecular flexibility index (Phi) is 6.48. The van der Waals surface area contributed by atoms with E-state index < -0.39 is 17.9 Å². The fourth-order valence-electron chi connectivity index (χ4n) is 1.75. The molecule has 110 valence electrons. The fourth-order valence-corrected chi connectivity index (χ4v) is 1.96. The van der Waals surface area contributed by atoms with Crippen molar-refractivity contribution in [2.75, 3.05) is 13.7 Å². The molecule has 0 bridgehead atoms. The van der Waals surface area contributed by atoms with E-state index in [0.717, 1.165) is 5.56 Å². The van der Waals surface area contributed by atoms with Gasteiger partial charge in [-0.05, 0) is 31.4 Å². The molecule has 2 N–H and O–H groups in total. The van der Waals surface area contributed by atoms with Gasteiger partial charge in [0.25, 0.3) is 5.91 Å². The predicted molar refractivity (Wildman–Crippen MR) is 76.2 cm³/mol. The Hall–Kier alpha value is -1.59. The average molecular weight is 300 g/mol. The second kappa shape index (κ2) is 7.87. The number of carboxylic acid groups (broad SMARTS) is 1. The van der Waals surface area contributed by atoms with Gasteiger partial charge in [-0.25, -0.2) is 4.79 Å². The van der Waals surface area contributed by atoms with E-state index in [4.69, 9.17) is 21.4 Å². The Bertz CT molecular complexity index is 490. The van der Waals surface area contributed by atoms with Crippen LogP contribution in [-0.2, 0) is 9.53 Å². The number of hydrogen-bond acceptors (Lipinski definition) is 3. The Labute approximate surface area is 122 Å². The molecule has 0 heterocycles. The summed E-state index contributed by atoms with van der Waals surface area (Å²) in [5.74, 6) is -1.55. The Morgan fingerprint density at radius 3 is 2.75 bits per heavy atom. The van der Waals surface area contributed by atoms with Crippen molar-refractivity contribution in [1.29, 1.82) is 0 Å². The number of benzene rings is 1. The van der Waals surface area contributed by atoms with E-state index in [1.165, 1.54) is 0 Å². The van der Waals surface area contributed by atoms with Crippen LogP contribution in [0, 0.1) is 6.92 Å². The van der Waals surface area contributed by atoms with Crippen LogP contribution in [0.5, 0.6) is 0 Å².